The van der Waals surface area contributed by atoms with E-state index in [4.69, 9.17) is 27.9 Å². The summed E-state index contributed by atoms with van der Waals surface area (Å²) in [7, 11) is -2.23. The molecule has 0 spiro atoms. The van der Waals surface area contributed by atoms with Crippen molar-refractivity contribution in [1.29, 1.82) is 0 Å². The van der Waals surface area contributed by atoms with E-state index in [0.29, 0.717) is 18.7 Å². The van der Waals surface area contributed by atoms with Crippen LogP contribution in [0.4, 0.5) is 5.69 Å². The van der Waals surface area contributed by atoms with Crippen molar-refractivity contribution in [3.05, 3.63) is 87.9 Å². The monoisotopic (exact) mass is 492 g/mol. The first kappa shape index (κ1) is 23.9. The largest absolute Gasteiger partial charge is 0.497 e. The lowest BCUT2D eigenvalue weighted by molar-refractivity contribution is -0.120. The third kappa shape index (κ3) is 6.88. The van der Waals surface area contributed by atoms with Crippen LogP contribution in [-0.4, -0.2) is 28.0 Å². The molecule has 1 amide bonds. The van der Waals surface area contributed by atoms with Crippen LogP contribution in [0, 0.1) is 0 Å². The van der Waals surface area contributed by atoms with Crippen LogP contribution in [0.2, 0.25) is 10.0 Å². The number of methoxy groups -OCH3 is 1. The van der Waals surface area contributed by atoms with Gasteiger partial charge in [-0.2, -0.15) is 0 Å². The Morgan fingerprint density at radius 1 is 0.906 bits per heavy atom. The number of ether oxygens (including phenoxy) is 1. The van der Waals surface area contributed by atoms with Gasteiger partial charge in [-0.15, -0.1) is 0 Å². The van der Waals surface area contributed by atoms with Gasteiger partial charge in [-0.25, -0.2) is 8.42 Å². The standard InChI is InChI=1S/C23H22Cl2N2O4S/c1-31-21-8-4-16(5-9-21)10-11-26-23(28)12-17-2-6-20(7-3-17)27-32(29,30)22-14-18(24)13-19(25)15-22/h2-9,13-15,27H,10-12H2,1H3,(H,26,28). The average Bonchev–Trinajstić information content (AvgIpc) is 2.75. The van der Waals surface area contributed by atoms with E-state index in [0.717, 1.165) is 16.9 Å². The average molecular weight is 493 g/mol. The molecule has 0 saturated carbocycles. The minimum atomic E-state index is -3.84. The molecule has 6 nitrogen and oxygen atoms in total. The molecular weight excluding hydrogens is 471 g/mol. The van der Waals surface area contributed by atoms with Gasteiger partial charge in [-0.1, -0.05) is 47.5 Å². The highest BCUT2D eigenvalue weighted by Gasteiger charge is 2.16. The molecule has 0 fully saturated rings. The first-order valence-electron chi connectivity index (χ1n) is 9.73. The topological polar surface area (TPSA) is 84.5 Å². The molecule has 168 valence electrons. The molecule has 0 heterocycles. The summed E-state index contributed by atoms with van der Waals surface area (Å²) in [6, 6.07) is 18.4. The van der Waals surface area contributed by atoms with Crippen molar-refractivity contribution >= 4 is 44.8 Å². The summed E-state index contributed by atoms with van der Waals surface area (Å²) < 4.78 is 32.7. The summed E-state index contributed by atoms with van der Waals surface area (Å²) in [6.07, 6.45) is 0.906. The number of carbonyl (C=O) groups excluding carboxylic acids is 1. The molecule has 2 N–H and O–H groups in total. The quantitative estimate of drug-likeness (QED) is 0.453. The van der Waals surface area contributed by atoms with Crippen LogP contribution in [0.5, 0.6) is 5.75 Å². The van der Waals surface area contributed by atoms with Gasteiger partial charge in [0.05, 0.1) is 18.4 Å². The summed E-state index contributed by atoms with van der Waals surface area (Å²) in [5, 5.41) is 3.34. The highest BCUT2D eigenvalue weighted by Crippen LogP contribution is 2.24. The van der Waals surface area contributed by atoms with Crippen molar-refractivity contribution in [1.82, 2.24) is 5.32 Å². The first-order chi connectivity index (χ1) is 15.2. The normalized spacial score (nSPS) is 11.1. The number of hydrogen-bond acceptors (Lipinski definition) is 4. The van der Waals surface area contributed by atoms with Gasteiger partial charge in [-0.05, 0) is 60.0 Å². The Balaban J connectivity index is 1.51. The molecule has 32 heavy (non-hydrogen) atoms. The van der Waals surface area contributed by atoms with Crippen LogP contribution < -0.4 is 14.8 Å². The highest BCUT2D eigenvalue weighted by atomic mass is 35.5. The Kier molecular flexibility index (Phi) is 8.01. The maximum absolute atomic E-state index is 12.5. The second kappa shape index (κ2) is 10.7. The Morgan fingerprint density at radius 3 is 2.09 bits per heavy atom. The second-order valence-electron chi connectivity index (χ2n) is 7.03. The zero-order valence-electron chi connectivity index (χ0n) is 17.3. The van der Waals surface area contributed by atoms with E-state index in [1.807, 2.05) is 24.3 Å². The zero-order chi connectivity index (χ0) is 23.1. The van der Waals surface area contributed by atoms with Crippen molar-refractivity contribution in [2.24, 2.45) is 0 Å². The van der Waals surface area contributed by atoms with Crippen molar-refractivity contribution in [2.45, 2.75) is 17.7 Å². The van der Waals surface area contributed by atoms with Crippen molar-refractivity contribution in [2.75, 3.05) is 18.4 Å². The molecule has 0 aromatic heterocycles. The molecule has 0 bridgehead atoms. The number of nitrogens with one attached hydrogen (secondary N) is 2. The summed E-state index contributed by atoms with van der Waals surface area (Å²) >= 11 is 11.8. The lowest BCUT2D eigenvalue weighted by Crippen LogP contribution is -2.27. The van der Waals surface area contributed by atoms with Gasteiger partial charge < -0.3 is 10.1 Å². The van der Waals surface area contributed by atoms with Crippen molar-refractivity contribution < 1.29 is 17.9 Å². The van der Waals surface area contributed by atoms with E-state index < -0.39 is 10.0 Å². The third-order valence-corrected chi connectivity index (χ3v) is 6.41. The predicted molar refractivity (Wildman–Crippen MR) is 127 cm³/mol. The van der Waals surface area contributed by atoms with Gasteiger partial charge in [0.25, 0.3) is 10.0 Å². The smallest absolute Gasteiger partial charge is 0.261 e. The summed E-state index contributed by atoms with van der Waals surface area (Å²) in [5.41, 5.74) is 2.23. The molecule has 3 aromatic rings. The van der Waals surface area contributed by atoms with Crippen LogP contribution in [0.25, 0.3) is 0 Å². The molecule has 0 aliphatic carbocycles. The number of anilines is 1. The number of amides is 1. The van der Waals surface area contributed by atoms with E-state index >= 15 is 0 Å². The van der Waals surface area contributed by atoms with E-state index in [9.17, 15) is 13.2 Å². The minimum absolute atomic E-state index is 0.0321. The summed E-state index contributed by atoms with van der Waals surface area (Å²) in [4.78, 5) is 12.2. The third-order valence-electron chi connectivity index (χ3n) is 4.61. The van der Waals surface area contributed by atoms with Crippen LogP contribution in [0.1, 0.15) is 11.1 Å². The Hall–Kier alpha value is -2.74. The number of carbonyl (C=O) groups is 1. The molecule has 0 saturated heterocycles. The van der Waals surface area contributed by atoms with E-state index in [2.05, 4.69) is 10.0 Å². The van der Waals surface area contributed by atoms with Gasteiger partial charge in [0, 0.05) is 22.3 Å². The molecule has 0 aliphatic heterocycles. The molecule has 0 unspecified atom stereocenters. The van der Waals surface area contributed by atoms with Gasteiger partial charge >= 0.3 is 0 Å². The van der Waals surface area contributed by atoms with Gasteiger partial charge in [0.15, 0.2) is 0 Å². The van der Waals surface area contributed by atoms with E-state index in [1.54, 1.807) is 31.4 Å². The highest BCUT2D eigenvalue weighted by molar-refractivity contribution is 7.92. The lowest BCUT2D eigenvalue weighted by Gasteiger charge is -2.10. The van der Waals surface area contributed by atoms with Gasteiger partial charge in [-0.3, -0.25) is 9.52 Å². The number of sulfonamides is 1. The minimum Gasteiger partial charge on any atom is -0.497 e. The maximum Gasteiger partial charge on any atom is 0.261 e. The number of hydrogen-bond donors (Lipinski definition) is 2. The fourth-order valence-corrected chi connectivity index (χ4v) is 4.76. The molecule has 0 atom stereocenters. The molecule has 3 rings (SSSR count). The van der Waals surface area contributed by atoms with Gasteiger partial charge in [0.2, 0.25) is 5.91 Å². The van der Waals surface area contributed by atoms with Crippen LogP contribution in [0.3, 0.4) is 0 Å². The Labute approximate surface area is 197 Å². The Morgan fingerprint density at radius 2 is 1.50 bits per heavy atom. The first-order valence-corrected chi connectivity index (χ1v) is 12.0. The summed E-state index contributed by atoms with van der Waals surface area (Å²) in [6.45, 7) is 0.519. The SMILES string of the molecule is COc1ccc(CCNC(=O)Cc2ccc(NS(=O)(=O)c3cc(Cl)cc(Cl)c3)cc2)cc1. The fourth-order valence-electron chi connectivity index (χ4n) is 2.97. The number of benzene rings is 3. The predicted octanol–water partition coefficient (Wildman–Crippen LogP) is 4.70. The fraction of sp³-hybridized carbons (Fsp3) is 0.174. The molecule has 0 aliphatic rings. The van der Waals surface area contributed by atoms with Crippen LogP contribution >= 0.6 is 23.2 Å². The zero-order valence-corrected chi connectivity index (χ0v) is 19.6. The summed E-state index contributed by atoms with van der Waals surface area (Å²) in [5.74, 6) is 0.681. The van der Waals surface area contributed by atoms with E-state index in [1.165, 1.54) is 18.2 Å². The van der Waals surface area contributed by atoms with Crippen molar-refractivity contribution in [3.63, 3.8) is 0 Å². The Bertz CT molecular complexity index is 1160. The van der Waals surface area contributed by atoms with Crippen LogP contribution in [-0.2, 0) is 27.7 Å². The van der Waals surface area contributed by atoms with E-state index in [-0.39, 0.29) is 27.3 Å². The number of rotatable bonds is 9. The number of halogens is 2. The molecular formula is C23H22Cl2N2O4S. The molecule has 3 aromatic carbocycles. The molecule has 0 radical (unpaired) electrons. The van der Waals surface area contributed by atoms with Gasteiger partial charge in [0.1, 0.15) is 5.75 Å². The van der Waals surface area contributed by atoms with Crippen LogP contribution in [0.15, 0.2) is 71.6 Å². The van der Waals surface area contributed by atoms with Crippen molar-refractivity contribution in [3.8, 4) is 5.75 Å². The maximum atomic E-state index is 12.5. The lowest BCUT2D eigenvalue weighted by atomic mass is 10.1. The molecule has 9 heteroatoms. The second-order valence-corrected chi connectivity index (χ2v) is 9.59.